The molecule has 4 heteroatoms. The number of hydrazine groups is 1. The van der Waals surface area contributed by atoms with Gasteiger partial charge in [0.25, 0.3) is 0 Å². The van der Waals surface area contributed by atoms with Crippen molar-refractivity contribution >= 4 is 23.2 Å². The van der Waals surface area contributed by atoms with Crippen LogP contribution < -0.4 is 11.3 Å². The highest BCUT2D eigenvalue weighted by Gasteiger charge is 2.16. The van der Waals surface area contributed by atoms with Gasteiger partial charge < -0.3 is 0 Å². The van der Waals surface area contributed by atoms with Crippen LogP contribution in [0.25, 0.3) is 0 Å². The molecule has 0 aliphatic carbocycles. The van der Waals surface area contributed by atoms with Gasteiger partial charge in [0, 0.05) is 10.0 Å². The van der Waals surface area contributed by atoms with Crippen molar-refractivity contribution < 1.29 is 0 Å². The van der Waals surface area contributed by atoms with Gasteiger partial charge in [-0.2, -0.15) is 0 Å². The van der Waals surface area contributed by atoms with E-state index >= 15 is 0 Å². The van der Waals surface area contributed by atoms with Crippen LogP contribution in [0.4, 0.5) is 0 Å². The lowest BCUT2D eigenvalue weighted by Gasteiger charge is -2.19. The Morgan fingerprint density at radius 3 is 2.63 bits per heavy atom. The van der Waals surface area contributed by atoms with E-state index in [0.29, 0.717) is 10.0 Å². The van der Waals surface area contributed by atoms with E-state index in [1.807, 2.05) is 18.2 Å². The Morgan fingerprint density at radius 1 is 1.16 bits per heavy atom. The molecule has 2 rings (SSSR count). The molecule has 0 aliphatic rings. The molecule has 2 aromatic carbocycles. The van der Waals surface area contributed by atoms with Crippen LogP contribution in [0.1, 0.15) is 29.7 Å². The van der Waals surface area contributed by atoms with E-state index in [9.17, 15) is 0 Å². The SMILES string of the molecule is CCc1cccc(C(NN)c2cc(Cl)ccc2Cl)c1. The highest BCUT2D eigenvalue weighted by atomic mass is 35.5. The average molecular weight is 295 g/mol. The van der Waals surface area contributed by atoms with E-state index in [0.717, 1.165) is 17.5 Å². The molecule has 0 radical (unpaired) electrons. The molecule has 0 bridgehead atoms. The molecule has 2 aromatic rings. The Bertz CT molecular complexity index is 570. The van der Waals surface area contributed by atoms with E-state index in [2.05, 4.69) is 24.5 Å². The number of aryl methyl sites for hydroxylation is 1. The Labute approximate surface area is 123 Å². The van der Waals surface area contributed by atoms with Crippen LogP contribution in [-0.2, 0) is 6.42 Å². The number of nitrogens with one attached hydrogen (secondary N) is 1. The molecule has 0 saturated heterocycles. The van der Waals surface area contributed by atoms with E-state index in [4.69, 9.17) is 29.0 Å². The number of halogens is 2. The fraction of sp³-hybridized carbons (Fsp3) is 0.200. The topological polar surface area (TPSA) is 38.0 Å². The van der Waals surface area contributed by atoms with Crippen molar-refractivity contribution in [1.29, 1.82) is 0 Å². The van der Waals surface area contributed by atoms with Gasteiger partial charge in [-0.3, -0.25) is 5.84 Å². The summed E-state index contributed by atoms with van der Waals surface area (Å²) < 4.78 is 0. The molecular formula is C15H16Cl2N2. The molecular weight excluding hydrogens is 279 g/mol. The second-order valence-electron chi connectivity index (χ2n) is 4.36. The molecule has 3 N–H and O–H groups in total. The molecule has 1 atom stereocenters. The lowest BCUT2D eigenvalue weighted by atomic mass is 9.97. The van der Waals surface area contributed by atoms with E-state index in [1.165, 1.54) is 5.56 Å². The summed E-state index contributed by atoms with van der Waals surface area (Å²) in [7, 11) is 0. The maximum absolute atomic E-state index is 6.24. The van der Waals surface area contributed by atoms with Crippen molar-refractivity contribution in [2.45, 2.75) is 19.4 Å². The lowest BCUT2D eigenvalue weighted by molar-refractivity contribution is 0.636. The largest absolute Gasteiger partial charge is 0.271 e. The zero-order valence-electron chi connectivity index (χ0n) is 10.7. The molecule has 0 amide bonds. The highest BCUT2D eigenvalue weighted by Crippen LogP contribution is 2.30. The molecule has 0 heterocycles. The van der Waals surface area contributed by atoms with E-state index < -0.39 is 0 Å². The van der Waals surface area contributed by atoms with Crippen LogP contribution in [0.5, 0.6) is 0 Å². The van der Waals surface area contributed by atoms with Crippen molar-refractivity contribution in [1.82, 2.24) is 5.43 Å². The summed E-state index contributed by atoms with van der Waals surface area (Å²) in [6.07, 6.45) is 0.981. The van der Waals surface area contributed by atoms with E-state index in [1.54, 1.807) is 12.1 Å². The van der Waals surface area contributed by atoms with Gasteiger partial charge in [0.2, 0.25) is 0 Å². The van der Waals surface area contributed by atoms with Crippen molar-refractivity contribution in [3.63, 3.8) is 0 Å². The predicted octanol–water partition coefficient (Wildman–Crippen LogP) is 4.11. The molecule has 0 aromatic heterocycles. The van der Waals surface area contributed by atoms with Crippen LogP contribution in [0.3, 0.4) is 0 Å². The van der Waals surface area contributed by atoms with Gasteiger partial charge in [-0.15, -0.1) is 0 Å². The minimum atomic E-state index is -0.169. The number of hydrogen-bond donors (Lipinski definition) is 2. The van der Waals surface area contributed by atoms with Gasteiger partial charge in [-0.25, -0.2) is 5.43 Å². The average Bonchev–Trinajstić information content (AvgIpc) is 2.44. The standard InChI is InChI=1S/C15H16Cl2N2/c1-2-10-4-3-5-11(8-10)15(19-18)13-9-12(16)6-7-14(13)17/h3-9,15,19H,2,18H2,1H3. The summed E-state index contributed by atoms with van der Waals surface area (Å²) in [4.78, 5) is 0. The first-order valence-electron chi connectivity index (χ1n) is 6.15. The van der Waals surface area contributed by atoms with Crippen molar-refractivity contribution in [2.24, 2.45) is 5.84 Å². The van der Waals surface area contributed by atoms with Crippen LogP contribution in [-0.4, -0.2) is 0 Å². The number of benzene rings is 2. The molecule has 1 unspecified atom stereocenters. The third-order valence-corrected chi connectivity index (χ3v) is 3.71. The van der Waals surface area contributed by atoms with Gasteiger partial charge in [0.15, 0.2) is 0 Å². The molecule has 19 heavy (non-hydrogen) atoms. The molecule has 2 nitrogen and oxygen atoms in total. The molecule has 0 aliphatic heterocycles. The van der Waals surface area contributed by atoms with Gasteiger partial charge in [0.1, 0.15) is 0 Å². The molecule has 0 spiro atoms. The second kappa shape index (κ2) is 6.40. The van der Waals surface area contributed by atoms with Crippen molar-refractivity contribution in [3.05, 3.63) is 69.2 Å². The van der Waals surface area contributed by atoms with Crippen molar-refractivity contribution in [3.8, 4) is 0 Å². The normalized spacial score (nSPS) is 12.4. The summed E-state index contributed by atoms with van der Waals surface area (Å²) in [5.41, 5.74) is 6.03. The predicted molar refractivity (Wildman–Crippen MR) is 81.4 cm³/mol. The van der Waals surface area contributed by atoms with Crippen LogP contribution in [0, 0.1) is 0 Å². The first-order chi connectivity index (χ1) is 9.15. The number of rotatable bonds is 4. The second-order valence-corrected chi connectivity index (χ2v) is 5.21. The van der Waals surface area contributed by atoms with Crippen LogP contribution >= 0.6 is 23.2 Å². The summed E-state index contributed by atoms with van der Waals surface area (Å²) in [6.45, 7) is 2.12. The smallest absolute Gasteiger partial charge is 0.0725 e. The quantitative estimate of drug-likeness (QED) is 0.658. The monoisotopic (exact) mass is 294 g/mol. The summed E-state index contributed by atoms with van der Waals surface area (Å²) in [6, 6.07) is 13.5. The van der Waals surface area contributed by atoms with Gasteiger partial charge in [-0.1, -0.05) is 54.4 Å². The summed E-state index contributed by atoms with van der Waals surface area (Å²) >= 11 is 12.3. The minimum Gasteiger partial charge on any atom is -0.271 e. The van der Waals surface area contributed by atoms with E-state index in [-0.39, 0.29) is 6.04 Å². The number of nitrogens with two attached hydrogens (primary N) is 1. The highest BCUT2D eigenvalue weighted by molar-refractivity contribution is 6.33. The lowest BCUT2D eigenvalue weighted by Crippen LogP contribution is -2.29. The first-order valence-corrected chi connectivity index (χ1v) is 6.91. The Hall–Kier alpha value is -1.06. The molecule has 0 saturated carbocycles. The zero-order chi connectivity index (χ0) is 13.8. The Kier molecular flexibility index (Phi) is 4.83. The van der Waals surface area contributed by atoms with Crippen LogP contribution in [0.15, 0.2) is 42.5 Å². The third-order valence-electron chi connectivity index (χ3n) is 3.13. The minimum absolute atomic E-state index is 0.169. The van der Waals surface area contributed by atoms with Gasteiger partial charge in [0.05, 0.1) is 6.04 Å². The maximum Gasteiger partial charge on any atom is 0.0725 e. The fourth-order valence-corrected chi connectivity index (χ4v) is 2.50. The van der Waals surface area contributed by atoms with Crippen LogP contribution in [0.2, 0.25) is 10.0 Å². The van der Waals surface area contributed by atoms with Gasteiger partial charge >= 0.3 is 0 Å². The molecule has 0 fully saturated rings. The Morgan fingerprint density at radius 2 is 1.95 bits per heavy atom. The zero-order valence-corrected chi connectivity index (χ0v) is 12.2. The first kappa shape index (κ1) is 14.4. The number of hydrogen-bond acceptors (Lipinski definition) is 2. The summed E-state index contributed by atoms with van der Waals surface area (Å²) in [5.74, 6) is 5.70. The Balaban J connectivity index is 2.46. The van der Waals surface area contributed by atoms with Crippen molar-refractivity contribution in [2.75, 3.05) is 0 Å². The van der Waals surface area contributed by atoms with Gasteiger partial charge in [-0.05, 0) is 41.3 Å². The fourth-order valence-electron chi connectivity index (χ4n) is 2.09. The third kappa shape index (κ3) is 3.28. The maximum atomic E-state index is 6.24. The molecule has 100 valence electrons. The summed E-state index contributed by atoms with van der Waals surface area (Å²) in [5, 5.41) is 1.29.